The van der Waals surface area contributed by atoms with Crippen LogP contribution in [0, 0.1) is 0 Å². The van der Waals surface area contributed by atoms with Gasteiger partial charge in [0.25, 0.3) is 0 Å². The minimum absolute atomic E-state index is 0. The summed E-state index contributed by atoms with van der Waals surface area (Å²) in [7, 11) is 0. The number of rotatable bonds is 3. The number of benzene rings is 1. The molecule has 3 aromatic rings. The van der Waals surface area contributed by atoms with Crippen molar-refractivity contribution < 1.29 is 42.2 Å². The van der Waals surface area contributed by atoms with Gasteiger partial charge >= 0.3 is 17.4 Å². The van der Waals surface area contributed by atoms with E-state index in [4.69, 9.17) is 0 Å². The van der Waals surface area contributed by atoms with Gasteiger partial charge in [0, 0.05) is 11.9 Å². The summed E-state index contributed by atoms with van der Waals surface area (Å²) in [5.41, 5.74) is 4.97. The molecule has 0 aliphatic heterocycles. The Hall–Kier alpha value is -1.17. The number of aromatic nitrogens is 1. The molecule has 0 unspecified atom stereocenters. The van der Waals surface area contributed by atoms with Crippen LogP contribution in [0.15, 0.2) is 72.9 Å². The second-order valence-corrected chi connectivity index (χ2v) is 4.37. The molecule has 0 N–H and O–H groups in total. The third-order valence-corrected chi connectivity index (χ3v) is 3.04. The summed E-state index contributed by atoms with van der Waals surface area (Å²) >= 11 is 0. The first kappa shape index (κ1) is 19.8. The van der Waals surface area contributed by atoms with E-state index in [1.807, 2.05) is 24.4 Å². The third kappa shape index (κ3) is 5.27. The van der Waals surface area contributed by atoms with Crippen LogP contribution in [0.5, 0.6) is 0 Å². The Morgan fingerprint density at radius 2 is 1.52 bits per heavy atom. The molecule has 3 rings (SSSR count). The molecule has 0 aliphatic carbocycles. The predicted molar refractivity (Wildman–Crippen MR) is 74.5 cm³/mol. The molecule has 0 saturated heterocycles. The Morgan fingerprint density at radius 1 is 0.810 bits per heavy atom. The van der Waals surface area contributed by atoms with Crippen molar-refractivity contribution in [3.8, 4) is 11.1 Å². The van der Waals surface area contributed by atoms with Gasteiger partial charge in [0.15, 0.2) is 0 Å². The minimum atomic E-state index is 0. The van der Waals surface area contributed by atoms with Crippen LogP contribution in [0.4, 0.5) is 0 Å². The van der Waals surface area contributed by atoms with Crippen LogP contribution in [-0.4, -0.2) is 4.98 Å². The molecule has 0 saturated carbocycles. The first-order chi connectivity index (χ1) is 8.92. The zero-order chi connectivity index (χ0) is 12.2. The van der Waals surface area contributed by atoms with Crippen molar-refractivity contribution in [3.05, 3.63) is 84.2 Å². The summed E-state index contributed by atoms with van der Waals surface area (Å²) in [5.74, 6) is 0. The molecule has 2 aromatic carbocycles. The quantitative estimate of drug-likeness (QED) is 0.499. The maximum Gasteiger partial charge on any atom is 3.00 e. The molecule has 1 radical (unpaired) electrons. The van der Waals surface area contributed by atoms with Gasteiger partial charge in [-0.1, -0.05) is 42.0 Å². The fourth-order valence-electron chi connectivity index (χ4n) is 2.12. The van der Waals surface area contributed by atoms with Crippen molar-refractivity contribution in [2.24, 2.45) is 0 Å². The Kier molecular flexibility index (Phi) is 9.17. The molecule has 0 aliphatic rings. The summed E-state index contributed by atoms with van der Waals surface area (Å²) in [5, 5.41) is 0. The van der Waals surface area contributed by atoms with E-state index in [-0.39, 0.29) is 42.2 Å². The normalized spacial score (nSPS) is 8.95. The van der Waals surface area contributed by atoms with Gasteiger partial charge in [0.05, 0.1) is 0 Å². The molecule has 4 heteroatoms. The maximum absolute atomic E-state index is 4.36. The number of nitrogens with zero attached hydrogens (tertiary/aromatic N) is 1. The molecule has 0 bridgehead atoms. The zero-order valence-electron chi connectivity index (χ0n) is 11.2. The van der Waals surface area contributed by atoms with E-state index in [0.29, 0.717) is 0 Å². The summed E-state index contributed by atoms with van der Waals surface area (Å²) in [6, 6.07) is 23.1. The number of hydrogen-bond acceptors (Lipinski definition) is 1. The van der Waals surface area contributed by atoms with Crippen molar-refractivity contribution in [1.82, 2.24) is 4.98 Å². The summed E-state index contributed by atoms with van der Waals surface area (Å²) in [6.07, 6.45) is 2.74. The Labute approximate surface area is 148 Å². The minimum Gasteiger partial charge on any atom is -1.00 e. The van der Waals surface area contributed by atoms with E-state index in [0.717, 1.165) is 12.1 Å². The second kappa shape index (κ2) is 9.71. The van der Waals surface area contributed by atoms with Gasteiger partial charge in [-0.05, 0) is 18.6 Å². The monoisotopic (exact) mass is 354 g/mol. The third-order valence-electron chi connectivity index (χ3n) is 3.04. The first-order valence-corrected chi connectivity index (χ1v) is 6.13. The average Bonchev–Trinajstić information content (AvgIpc) is 2.89. The standard InChI is InChI=1S/C17H14N.2ClH.Cr/c1-2-6-15(7-3-1)16-10-9-14(12-16)13-17-8-4-5-11-18-17;;;/h1-12H,13H2;2*1H;/q-1;;;+3/p-2. The van der Waals surface area contributed by atoms with Crippen LogP contribution < -0.4 is 24.8 Å². The molecule has 0 amide bonds. The SMILES string of the molecule is [Cl-].[Cl-].[Cr+3].c1ccc(-c2cc[c-](Cc3ccccn3)c2)cc1. The van der Waals surface area contributed by atoms with Crippen molar-refractivity contribution >= 4 is 0 Å². The maximum atomic E-state index is 4.36. The summed E-state index contributed by atoms with van der Waals surface area (Å²) < 4.78 is 0. The van der Waals surface area contributed by atoms with E-state index < -0.39 is 0 Å². The van der Waals surface area contributed by atoms with Crippen LogP contribution in [0.3, 0.4) is 0 Å². The number of pyridine rings is 1. The summed E-state index contributed by atoms with van der Waals surface area (Å²) in [4.78, 5) is 4.36. The second-order valence-electron chi connectivity index (χ2n) is 4.37. The van der Waals surface area contributed by atoms with Crippen molar-refractivity contribution in [1.29, 1.82) is 0 Å². The van der Waals surface area contributed by atoms with Gasteiger partial charge in [0.1, 0.15) is 0 Å². The fourth-order valence-corrected chi connectivity index (χ4v) is 2.12. The van der Waals surface area contributed by atoms with Gasteiger partial charge in [0.2, 0.25) is 0 Å². The molecule has 0 spiro atoms. The van der Waals surface area contributed by atoms with E-state index in [2.05, 4.69) is 53.5 Å². The smallest absolute Gasteiger partial charge is 1.00 e. The fraction of sp³-hybridized carbons (Fsp3) is 0.0588. The largest absolute Gasteiger partial charge is 3.00 e. The zero-order valence-corrected chi connectivity index (χ0v) is 14.0. The molecular weight excluding hydrogens is 341 g/mol. The molecule has 1 heterocycles. The van der Waals surface area contributed by atoms with E-state index in [1.165, 1.54) is 16.7 Å². The Balaban J connectivity index is 0.00000133. The molecule has 0 fully saturated rings. The van der Waals surface area contributed by atoms with Crippen LogP contribution in [-0.2, 0) is 23.8 Å². The number of hydrogen-bond donors (Lipinski definition) is 0. The van der Waals surface area contributed by atoms with Crippen LogP contribution in [0.1, 0.15) is 11.3 Å². The van der Waals surface area contributed by atoms with Gasteiger partial charge in [-0.2, -0.15) is 23.3 Å². The first-order valence-electron chi connectivity index (χ1n) is 6.13. The topological polar surface area (TPSA) is 12.9 Å². The molecule has 107 valence electrons. The average molecular weight is 355 g/mol. The molecule has 0 atom stereocenters. The number of halogens is 2. The van der Waals surface area contributed by atoms with Crippen LogP contribution in [0.2, 0.25) is 0 Å². The van der Waals surface area contributed by atoms with E-state index >= 15 is 0 Å². The van der Waals surface area contributed by atoms with Crippen LogP contribution >= 0.6 is 0 Å². The van der Waals surface area contributed by atoms with Crippen molar-refractivity contribution in [2.45, 2.75) is 6.42 Å². The molecule has 1 nitrogen and oxygen atoms in total. The van der Waals surface area contributed by atoms with Gasteiger partial charge in [-0.15, -0.1) is 0 Å². The van der Waals surface area contributed by atoms with Gasteiger partial charge < -0.3 is 24.8 Å². The van der Waals surface area contributed by atoms with Gasteiger partial charge in [-0.3, -0.25) is 4.98 Å². The predicted octanol–water partition coefficient (Wildman–Crippen LogP) is -1.94. The van der Waals surface area contributed by atoms with E-state index in [1.54, 1.807) is 0 Å². The Morgan fingerprint density at radius 3 is 2.19 bits per heavy atom. The van der Waals surface area contributed by atoms with E-state index in [9.17, 15) is 0 Å². The van der Waals surface area contributed by atoms with Crippen molar-refractivity contribution in [2.75, 3.05) is 0 Å². The summed E-state index contributed by atoms with van der Waals surface area (Å²) in [6.45, 7) is 0. The van der Waals surface area contributed by atoms with Gasteiger partial charge in [-0.25, -0.2) is 6.07 Å². The van der Waals surface area contributed by atoms with Crippen LogP contribution in [0.25, 0.3) is 11.1 Å². The molecule has 1 aromatic heterocycles. The molecular formula is C17H14Cl2CrN. The Bertz CT molecular complexity index is 624. The molecule has 21 heavy (non-hydrogen) atoms. The van der Waals surface area contributed by atoms with Crippen molar-refractivity contribution in [3.63, 3.8) is 0 Å².